The minimum atomic E-state index is -4.38. The highest BCUT2D eigenvalue weighted by atomic mass is 32.2. The molecule has 0 aliphatic heterocycles. The van der Waals surface area contributed by atoms with Crippen molar-refractivity contribution in [3.8, 4) is 0 Å². The molecule has 0 aromatic heterocycles. The molecule has 0 spiro atoms. The molecule has 0 fully saturated rings. The van der Waals surface area contributed by atoms with Crippen LogP contribution in [-0.2, 0) is 14.8 Å². The van der Waals surface area contributed by atoms with E-state index in [0.717, 1.165) is 0 Å². The second-order valence-electron chi connectivity index (χ2n) is 5.25. The molecule has 2 aromatic carbocycles. The van der Waals surface area contributed by atoms with Crippen LogP contribution in [0, 0.1) is 0 Å². The van der Waals surface area contributed by atoms with E-state index in [1.807, 2.05) is 0 Å². The standard InChI is InChI=1S/C17H16F3NO4S2/c1-2-25-16(22)12-7-9-13(10-8-12)27(23,24)21-14-5-3-4-6-15(14)26-11-17(18,19)20/h3-10,21H,2,11H2,1H3. The Bertz CT molecular complexity index is 897. The van der Waals surface area contributed by atoms with Crippen LogP contribution in [0.2, 0.25) is 0 Å². The number of rotatable bonds is 7. The quantitative estimate of drug-likeness (QED) is 0.535. The number of halogens is 3. The van der Waals surface area contributed by atoms with Gasteiger partial charge in [-0.1, -0.05) is 12.1 Å². The zero-order chi connectivity index (χ0) is 20.1. The number of thioether (sulfide) groups is 1. The average molecular weight is 419 g/mol. The van der Waals surface area contributed by atoms with Gasteiger partial charge >= 0.3 is 12.1 Å². The second kappa shape index (κ2) is 8.66. The molecule has 0 radical (unpaired) electrons. The fourth-order valence-corrected chi connectivity index (χ4v) is 3.94. The number of hydrogen-bond donors (Lipinski definition) is 1. The van der Waals surface area contributed by atoms with Crippen molar-refractivity contribution in [1.82, 2.24) is 0 Å². The Balaban J connectivity index is 2.20. The molecule has 0 unspecified atom stereocenters. The van der Waals surface area contributed by atoms with Crippen molar-refractivity contribution < 1.29 is 31.1 Å². The zero-order valence-electron chi connectivity index (χ0n) is 14.1. The van der Waals surface area contributed by atoms with E-state index in [2.05, 4.69) is 4.72 Å². The summed E-state index contributed by atoms with van der Waals surface area (Å²) in [7, 11) is -4.04. The maximum atomic E-state index is 12.5. The fourth-order valence-electron chi connectivity index (χ4n) is 2.02. The molecule has 0 saturated carbocycles. The van der Waals surface area contributed by atoms with Crippen molar-refractivity contribution in [3.05, 3.63) is 54.1 Å². The lowest BCUT2D eigenvalue weighted by molar-refractivity contribution is -0.105. The number of alkyl halides is 3. The van der Waals surface area contributed by atoms with Gasteiger partial charge < -0.3 is 4.74 Å². The van der Waals surface area contributed by atoms with Gasteiger partial charge in [-0.3, -0.25) is 4.72 Å². The van der Waals surface area contributed by atoms with Crippen LogP contribution >= 0.6 is 11.8 Å². The maximum Gasteiger partial charge on any atom is 0.398 e. The molecule has 0 amide bonds. The third-order valence-corrected chi connectivity index (χ3v) is 5.72. The Morgan fingerprint density at radius 2 is 1.74 bits per heavy atom. The van der Waals surface area contributed by atoms with Crippen molar-refractivity contribution in [2.75, 3.05) is 17.1 Å². The molecule has 2 rings (SSSR count). The fraction of sp³-hybridized carbons (Fsp3) is 0.235. The predicted molar refractivity (Wildman–Crippen MR) is 96.4 cm³/mol. The van der Waals surface area contributed by atoms with Gasteiger partial charge in [-0.2, -0.15) is 13.2 Å². The van der Waals surface area contributed by atoms with Crippen molar-refractivity contribution in [1.29, 1.82) is 0 Å². The molecule has 0 aliphatic carbocycles. The number of carbonyl (C=O) groups is 1. The number of esters is 1. The first-order valence-electron chi connectivity index (χ1n) is 7.71. The van der Waals surface area contributed by atoms with E-state index in [-0.39, 0.29) is 27.6 Å². The molecule has 146 valence electrons. The summed E-state index contributed by atoms with van der Waals surface area (Å²) in [5.41, 5.74) is 0.234. The van der Waals surface area contributed by atoms with E-state index in [0.29, 0.717) is 11.8 Å². The molecule has 5 nitrogen and oxygen atoms in total. The monoisotopic (exact) mass is 419 g/mol. The number of hydrogen-bond acceptors (Lipinski definition) is 5. The average Bonchev–Trinajstić information content (AvgIpc) is 2.60. The Morgan fingerprint density at radius 3 is 2.33 bits per heavy atom. The summed E-state index contributed by atoms with van der Waals surface area (Å²) >= 11 is 0.489. The number of nitrogens with one attached hydrogen (secondary N) is 1. The first-order valence-corrected chi connectivity index (χ1v) is 10.2. The maximum absolute atomic E-state index is 12.5. The van der Waals surface area contributed by atoms with E-state index in [9.17, 15) is 26.4 Å². The van der Waals surface area contributed by atoms with Crippen LogP contribution in [-0.4, -0.2) is 32.9 Å². The van der Waals surface area contributed by atoms with Gasteiger partial charge in [-0.25, -0.2) is 13.2 Å². The number of ether oxygens (including phenoxy) is 1. The molecule has 0 bridgehead atoms. The van der Waals surface area contributed by atoms with Crippen molar-refractivity contribution in [3.63, 3.8) is 0 Å². The van der Waals surface area contributed by atoms with Gasteiger partial charge in [-0.05, 0) is 43.3 Å². The van der Waals surface area contributed by atoms with Gasteiger partial charge in [-0.15, -0.1) is 11.8 Å². The molecule has 10 heteroatoms. The molecule has 0 atom stereocenters. The lowest BCUT2D eigenvalue weighted by Gasteiger charge is -2.13. The van der Waals surface area contributed by atoms with Crippen LogP contribution in [0.15, 0.2) is 58.3 Å². The topological polar surface area (TPSA) is 72.5 Å². The van der Waals surface area contributed by atoms with Gasteiger partial charge in [0, 0.05) is 4.90 Å². The summed E-state index contributed by atoms with van der Waals surface area (Å²) in [6.45, 7) is 1.84. The summed E-state index contributed by atoms with van der Waals surface area (Å²) in [6, 6.07) is 10.9. The van der Waals surface area contributed by atoms with Gasteiger partial charge in [0.2, 0.25) is 0 Å². The minimum absolute atomic E-state index is 0.0428. The minimum Gasteiger partial charge on any atom is -0.462 e. The summed E-state index contributed by atoms with van der Waals surface area (Å²) in [4.78, 5) is 11.6. The Hall–Kier alpha value is -2.20. The molecular weight excluding hydrogens is 403 g/mol. The van der Waals surface area contributed by atoms with Gasteiger partial charge in [0.05, 0.1) is 28.5 Å². The summed E-state index contributed by atoms with van der Waals surface area (Å²) in [5, 5.41) is 0. The van der Waals surface area contributed by atoms with E-state index >= 15 is 0 Å². The SMILES string of the molecule is CCOC(=O)c1ccc(S(=O)(=O)Nc2ccccc2SCC(F)(F)F)cc1. The highest BCUT2D eigenvalue weighted by Gasteiger charge is 2.28. The van der Waals surface area contributed by atoms with Gasteiger partial charge in [0.15, 0.2) is 0 Å². The molecule has 1 N–H and O–H groups in total. The Morgan fingerprint density at radius 1 is 1.11 bits per heavy atom. The normalized spacial score (nSPS) is 11.9. The van der Waals surface area contributed by atoms with Crippen LogP contribution in [0.5, 0.6) is 0 Å². The van der Waals surface area contributed by atoms with Gasteiger partial charge in [0.1, 0.15) is 0 Å². The molecule has 27 heavy (non-hydrogen) atoms. The van der Waals surface area contributed by atoms with E-state index in [1.54, 1.807) is 6.92 Å². The first-order chi connectivity index (χ1) is 12.6. The van der Waals surface area contributed by atoms with Crippen LogP contribution in [0.1, 0.15) is 17.3 Å². The lowest BCUT2D eigenvalue weighted by atomic mass is 10.2. The van der Waals surface area contributed by atoms with E-state index < -0.39 is 27.9 Å². The highest BCUT2D eigenvalue weighted by molar-refractivity contribution is 7.99. The molecule has 2 aromatic rings. The summed E-state index contributed by atoms with van der Waals surface area (Å²) in [5.74, 6) is -1.72. The predicted octanol–water partition coefficient (Wildman–Crippen LogP) is 4.32. The molecule has 0 heterocycles. The molecular formula is C17H16F3NO4S2. The lowest BCUT2D eigenvalue weighted by Crippen LogP contribution is -2.15. The van der Waals surface area contributed by atoms with Crippen LogP contribution in [0.3, 0.4) is 0 Å². The van der Waals surface area contributed by atoms with E-state index in [4.69, 9.17) is 4.74 Å². The number of sulfonamides is 1. The van der Waals surface area contributed by atoms with Crippen LogP contribution in [0.25, 0.3) is 0 Å². The van der Waals surface area contributed by atoms with Crippen molar-refractivity contribution in [2.24, 2.45) is 0 Å². The van der Waals surface area contributed by atoms with Crippen LogP contribution < -0.4 is 4.72 Å². The Kier molecular flexibility index (Phi) is 6.77. The third-order valence-electron chi connectivity index (χ3n) is 3.20. The van der Waals surface area contributed by atoms with Crippen LogP contribution in [0.4, 0.5) is 18.9 Å². The first kappa shape index (κ1) is 21.1. The second-order valence-corrected chi connectivity index (χ2v) is 7.95. The van der Waals surface area contributed by atoms with Crippen molar-refractivity contribution in [2.45, 2.75) is 22.9 Å². The number of benzene rings is 2. The third kappa shape index (κ3) is 6.17. The Labute approximate surface area is 159 Å². The summed E-state index contributed by atoms with van der Waals surface area (Å²) < 4.78 is 69.4. The highest BCUT2D eigenvalue weighted by Crippen LogP contribution is 2.33. The number of para-hydroxylation sites is 1. The summed E-state index contributed by atoms with van der Waals surface area (Å²) in [6.07, 6.45) is -4.38. The zero-order valence-corrected chi connectivity index (χ0v) is 15.7. The largest absolute Gasteiger partial charge is 0.462 e. The smallest absolute Gasteiger partial charge is 0.398 e. The number of anilines is 1. The number of carbonyl (C=O) groups excluding carboxylic acids is 1. The van der Waals surface area contributed by atoms with Crippen molar-refractivity contribution >= 4 is 33.4 Å². The molecule has 0 aliphatic rings. The van der Waals surface area contributed by atoms with Gasteiger partial charge in [0.25, 0.3) is 10.0 Å². The molecule has 0 saturated heterocycles. The van der Waals surface area contributed by atoms with E-state index in [1.165, 1.54) is 48.5 Å².